The molecule has 0 unspecified atom stereocenters. The minimum atomic E-state index is -0.708. The Labute approximate surface area is 174 Å². The van der Waals surface area contributed by atoms with Gasteiger partial charge >= 0.3 is 18.1 Å². The van der Waals surface area contributed by atoms with Crippen LogP contribution in [0.2, 0.25) is 0 Å². The predicted octanol–water partition coefficient (Wildman–Crippen LogP) is 3.22. The third-order valence-electron chi connectivity index (χ3n) is 5.62. The lowest BCUT2D eigenvalue weighted by Crippen LogP contribution is -2.52. The molecule has 1 N–H and O–H groups in total. The standard InChI is InChI=1S/C22H25N3O5/c1-2-29-20(26)19-14-30-22(28)25(19)18-9-11-24(12-10-18)21(27)23-17-8-7-15-5-3-4-6-16(15)13-17/h3-8,13,18-19H,2,9-12,14H2,1H3,(H,23,27)/t19-/m0/s1. The Bertz CT molecular complexity index is 955. The Morgan fingerprint density at radius 3 is 2.60 bits per heavy atom. The average Bonchev–Trinajstić information content (AvgIpc) is 3.15. The normalized spacial score (nSPS) is 19.6. The number of benzene rings is 2. The summed E-state index contributed by atoms with van der Waals surface area (Å²) in [7, 11) is 0. The van der Waals surface area contributed by atoms with E-state index in [9.17, 15) is 14.4 Å². The van der Waals surface area contributed by atoms with E-state index in [1.54, 1.807) is 11.8 Å². The first kappa shape index (κ1) is 20.0. The summed E-state index contributed by atoms with van der Waals surface area (Å²) in [6, 6.07) is 12.8. The number of ether oxygens (including phenoxy) is 2. The zero-order valence-corrected chi connectivity index (χ0v) is 16.9. The Kier molecular flexibility index (Phi) is 5.74. The third kappa shape index (κ3) is 4.03. The van der Waals surface area contributed by atoms with Crippen molar-refractivity contribution in [2.75, 3.05) is 31.6 Å². The Balaban J connectivity index is 1.35. The molecule has 0 spiro atoms. The van der Waals surface area contributed by atoms with Crippen LogP contribution in [-0.2, 0) is 14.3 Å². The molecule has 0 aromatic heterocycles. The summed E-state index contributed by atoms with van der Waals surface area (Å²) in [4.78, 5) is 40.2. The number of piperidine rings is 1. The largest absolute Gasteiger partial charge is 0.464 e. The number of urea groups is 1. The van der Waals surface area contributed by atoms with Crippen LogP contribution in [0.1, 0.15) is 19.8 Å². The number of amides is 3. The van der Waals surface area contributed by atoms with Crippen LogP contribution in [0.25, 0.3) is 10.8 Å². The first-order valence-corrected chi connectivity index (χ1v) is 10.2. The van der Waals surface area contributed by atoms with E-state index in [2.05, 4.69) is 5.32 Å². The van der Waals surface area contributed by atoms with Crippen molar-refractivity contribution in [3.8, 4) is 0 Å². The van der Waals surface area contributed by atoms with Gasteiger partial charge in [0, 0.05) is 24.8 Å². The summed E-state index contributed by atoms with van der Waals surface area (Å²) in [6.07, 6.45) is 0.666. The van der Waals surface area contributed by atoms with Crippen molar-refractivity contribution in [3.05, 3.63) is 42.5 Å². The maximum absolute atomic E-state index is 12.7. The fourth-order valence-corrected chi connectivity index (χ4v) is 4.07. The molecular weight excluding hydrogens is 386 g/mol. The highest BCUT2D eigenvalue weighted by Crippen LogP contribution is 2.25. The minimum absolute atomic E-state index is 0.0142. The molecule has 2 heterocycles. The predicted molar refractivity (Wildman–Crippen MR) is 111 cm³/mol. The van der Waals surface area contributed by atoms with Crippen LogP contribution in [0.3, 0.4) is 0 Å². The SMILES string of the molecule is CCOC(=O)[C@@H]1COC(=O)N1C1CCN(C(=O)Nc2ccc3ccccc3c2)CC1. The molecule has 0 aliphatic carbocycles. The number of anilines is 1. The molecule has 2 fully saturated rings. The molecule has 8 nitrogen and oxygen atoms in total. The van der Waals surface area contributed by atoms with E-state index >= 15 is 0 Å². The molecule has 3 amide bonds. The molecule has 0 saturated carbocycles. The molecule has 30 heavy (non-hydrogen) atoms. The highest BCUT2D eigenvalue weighted by molar-refractivity contribution is 5.93. The van der Waals surface area contributed by atoms with E-state index in [0.29, 0.717) is 25.9 Å². The highest BCUT2D eigenvalue weighted by atomic mass is 16.6. The zero-order valence-electron chi connectivity index (χ0n) is 16.9. The van der Waals surface area contributed by atoms with E-state index in [1.807, 2.05) is 42.5 Å². The summed E-state index contributed by atoms with van der Waals surface area (Å²) in [5.41, 5.74) is 0.742. The first-order chi connectivity index (χ1) is 14.6. The Hall–Kier alpha value is -3.29. The number of carbonyl (C=O) groups is 3. The molecule has 158 valence electrons. The van der Waals surface area contributed by atoms with Crippen molar-refractivity contribution in [1.82, 2.24) is 9.80 Å². The number of fused-ring (bicyclic) bond motifs is 1. The van der Waals surface area contributed by atoms with Crippen LogP contribution < -0.4 is 5.32 Å². The quantitative estimate of drug-likeness (QED) is 0.781. The van der Waals surface area contributed by atoms with Crippen molar-refractivity contribution >= 4 is 34.6 Å². The average molecular weight is 411 g/mol. The molecule has 2 aromatic carbocycles. The van der Waals surface area contributed by atoms with Crippen LogP contribution in [0.4, 0.5) is 15.3 Å². The number of hydrogen-bond donors (Lipinski definition) is 1. The molecule has 8 heteroatoms. The lowest BCUT2D eigenvalue weighted by atomic mass is 10.0. The number of rotatable bonds is 4. The monoisotopic (exact) mass is 411 g/mol. The topological polar surface area (TPSA) is 88.2 Å². The van der Waals surface area contributed by atoms with E-state index in [-0.39, 0.29) is 25.3 Å². The maximum Gasteiger partial charge on any atom is 0.410 e. The van der Waals surface area contributed by atoms with Crippen LogP contribution in [0.15, 0.2) is 42.5 Å². The van der Waals surface area contributed by atoms with Gasteiger partial charge in [0.25, 0.3) is 0 Å². The van der Waals surface area contributed by atoms with Gasteiger partial charge in [0.15, 0.2) is 6.04 Å². The van der Waals surface area contributed by atoms with Crippen molar-refractivity contribution in [2.24, 2.45) is 0 Å². The van der Waals surface area contributed by atoms with E-state index in [1.165, 1.54) is 4.90 Å². The summed E-state index contributed by atoms with van der Waals surface area (Å²) in [6.45, 7) is 2.98. The van der Waals surface area contributed by atoms with Crippen molar-refractivity contribution < 1.29 is 23.9 Å². The smallest absolute Gasteiger partial charge is 0.410 e. The van der Waals surface area contributed by atoms with Gasteiger partial charge in [-0.1, -0.05) is 30.3 Å². The minimum Gasteiger partial charge on any atom is -0.464 e. The van der Waals surface area contributed by atoms with E-state index in [4.69, 9.17) is 9.47 Å². The molecule has 2 saturated heterocycles. The number of esters is 1. The molecule has 0 radical (unpaired) electrons. The van der Waals surface area contributed by atoms with Crippen molar-refractivity contribution in [1.29, 1.82) is 0 Å². The van der Waals surface area contributed by atoms with E-state index < -0.39 is 18.1 Å². The van der Waals surface area contributed by atoms with Crippen LogP contribution >= 0.6 is 0 Å². The highest BCUT2D eigenvalue weighted by Gasteiger charge is 2.44. The Morgan fingerprint density at radius 2 is 1.87 bits per heavy atom. The van der Waals surface area contributed by atoms with Gasteiger partial charge in [0.2, 0.25) is 0 Å². The van der Waals surface area contributed by atoms with Crippen LogP contribution in [-0.4, -0.2) is 66.3 Å². The van der Waals surface area contributed by atoms with Gasteiger partial charge in [-0.3, -0.25) is 4.90 Å². The summed E-state index contributed by atoms with van der Waals surface area (Å²) in [5.74, 6) is -0.445. The zero-order chi connectivity index (χ0) is 21.1. The number of cyclic esters (lactones) is 1. The maximum atomic E-state index is 12.7. The molecule has 0 bridgehead atoms. The molecule has 2 aliphatic rings. The van der Waals surface area contributed by atoms with Gasteiger partial charge < -0.3 is 19.7 Å². The van der Waals surface area contributed by atoms with Gasteiger partial charge in [0.1, 0.15) is 6.61 Å². The number of nitrogens with one attached hydrogen (secondary N) is 1. The molecule has 2 aliphatic heterocycles. The second kappa shape index (κ2) is 8.61. The summed E-state index contributed by atoms with van der Waals surface area (Å²) < 4.78 is 10.1. The molecule has 2 aromatic rings. The first-order valence-electron chi connectivity index (χ1n) is 10.2. The number of carbonyl (C=O) groups excluding carboxylic acids is 3. The van der Waals surface area contributed by atoms with Gasteiger partial charge in [-0.25, -0.2) is 14.4 Å². The lowest BCUT2D eigenvalue weighted by Gasteiger charge is -2.37. The van der Waals surface area contributed by atoms with Gasteiger partial charge in [0.05, 0.1) is 6.61 Å². The van der Waals surface area contributed by atoms with Gasteiger partial charge in [-0.05, 0) is 42.7 Å². The van der Waals surface area contributed by atoms with Crippen LogP contribution in [0, 0.1) is 0 Å². The third-order valence-corrected chi connectivity index (χ3v) is 5.62. The van der Waals surface area contributed by atoms with Gasteiger partial charge in [-0.15, -0.1) is 0 Å². The second-order valence-corrected chi connectivity index (χ2v) is 7.46. The number of likely N-dealkylation sites (tertiary alicyclic amines) is 1. The van der Waals surface area contributed by atoms with Gasteiger partial charge in [-0.2, -0.15) is 0 Å². The molecule has 4 rings (SSSR count). The van der Waals surface area contributed by atoms with Crippen molar-refractivity contribution in [3.63, 3.8) is 0 Å². The fraction of sp³-hybridized carbons (Fsp3) is 0.409. The molecule has 1 atom stereocenters. The molecular formula is C22H25N3O5. The summed E-state index contributed by atoms with van der Waals surface area (Å²) in [5, 5.41) is 5.13. The van der Waals surface area contributed by atoms with Crippen LogP contribution in [0.5, 0.6) is 0 Å². The fourth-order valence-electron chi connectivity index (χ4n) is 4.07. The second-order valence-electron chi connectivity index (χ2n) is 7.46. The summed E-state index contributed by atoms with van der Waals surface area (Å²) >= 11 is 0. The Morgan fingerprint density at radius 1 is 1.13 bits per heavy atom. The van der Waals surface area contributed by atoms with E-state index in [0.717, 1.165) is 16.5 Å². The number of hydrogen-bond acceptors (Lipinski definition) is 5. The van der Waals surface area contributed by atoms with Crippen molar-refractivity contribution in [2.45, 2.75) is 31.8 Å². The number of nitrogens with zero attached hydrogens (tertiary/aromatic N) is 2. The lowest BCUT2D eigenvalue weighted by molar-refractivity contribution is -0.148.